The van der Waals surface area contributed by atoms with E-state index in [9.17, 15) is 13.2 Å². The number of anilines is 1. The molecule has 4 heteroatoms. The van der Waals surface area contributed by atoms with Crippen molar-refractivity contribution in [1.82, 2.24) is 0 Å². The molecule has 1 aliphatic rings. The average molecular weight is 271 g/mol. The minimum atomic E-state index is -4.28. The maximum absolute atomic E-state index is 12.9. The van der Waals surface area contributed by atoms with Gasteiger partial charge in [0.15, 0.2) is 0 Å². The zero-order valence-electron chi connectivity index (χ0n) is 11.3. The molecule has 0 heterocycles. The van der Waals surface area contributed by atoms with Crippen LogP contribution in [0.2, 0.25) is 0 Å². The van der Waals surface area contributed by atoms with E-state index in [-0.39, 0.29) is 11.6 Å². The van der Waals surface area contributed by atoms with Gasteiger partial charge in [-0.1, -0.05) is 25.8 Å². The summed E-state index contributed by atoms with van der Waals surface area (Å²) in [5.41, 5.74) is 0.312. The fourth-order valence-electron chi connectivity index (χ4n) is 2.76. The molecule has 0 aliphatic heterocycles. The van der Waals surface area contributed by atoms with Crippen LogP contribution in [-0.4, -0.2) is 6.04 Å². The van der Waals surface area contributed by atoms with Gasteiger partial charge in [0.2, 0.25) is 0 Å². The Balaban J connectivity index is 2.17. The lowest BCUT2D eigenvalue weighted by Gasteiger charge is -2.30. The summed E-state index contributed by atoms with van der Waals surface area (Å²) in [6.07, 6.45) is 0.285. The summed E-state index contributed by atoms with van der Waals surface area (Å²) in [7, 11) is 0. The molecule has 106 valence electrons. The molecule has 0 spiro atoms. The Hall–Kier alpha value is -1.19. The molecule has 1 aromatic carbocycles. The molecule has 0 aromatic heterocycles. The fraction of sp³-hybridized carbons (Fsp3) is 0.600. The number of aryl methyl sites for hydroxylation is 1. The van der Waals surface area contributed by atoms with Gasteiger partial charge >= 0.3 is 6.18 Å². The molecular formula is C15H20F3N. The van der Waals surface area contributed by atoms with Crippen LogP contribution in [0.3, 0.4) is 0 Å². The van der Waals surface area contributed by atoms with Gasteiger partial charge in [-0.15, -0.1) is 0 Å². The molecule has 0 saturated heterocycles. The number of halogens is 3. The van der Waals surface area contributed by atoms with Crippen LogP contribution in [0.5, 0.6) is 0 Å². The van der Waals surface area contributed by atoms with Gasteiger partial charge in [-0.3, -0.25) is 0 Å². The van der Waals surface area contributed by atoms with Gasteiger partial charge in [-0.2, -0.15) is 13.2 Å². The molecule has 1 saturated carbocycles. The van der Waals surface area contributed by atoms with Crippen LogP contribution >= 0.6 is 0 Å². The first-order valence-electron chi connectivity index (χ1n) is 6.82. The average Bonchev–Trinajstić information content (AvgIpc) is 2.33. The van der Waals surface area contributed by atoms with Crippen molar-refractivity contribution in [2.24, 2.45) is 5.92 Å². The molecule has 0 bridgehead atoms. The summed E-state index contributed by atoms with van der Waals surface area (Å²) in [5.74, 6) is 0.518. The Morgan fingerprint density at radius 1 is 1.16 bits per heavy atom. The first-order chi connectivity index (χ1) is 8.88. The number of nitrogens with one attached hydrogen (secondary N) is 1. The largest absolute Gasteiger partial charge is 0.416 e. The van der Waals surface area contributed by atoms with Gasteiger partial charge in [0.05, 0.1) is 5.56 Å². The summed E-state index contributed by atoms with van der Waals surface area (Å²) in [4.78, 5) is 0. The number of hydrogen-bond donors (Lipinski definition) is 1. The van der Waals surface area contributed by atoms with Gasteiger partial charge in [0, 0.05) is 11.7 Å². The quantitative estimate of drug-likeness (QED) is 0.797. The zero-order valence-corrected chi connectivity index (χ0v) is 11.3. The summed E-state index contributed by atoms with van der Waals surface area (Å²) in [6.45, 7) is 3.66. The van der Waals surface area contributed by atoms with Crippen LogP contribution in [0.15, 0.2) is 18.2 Å². The third kappa shape index (κ3) is 3.43. The monoisotopic (exact) mass is 271 g/mol. The van der Waals surface area contributed by atoms with Crippen LogP contribution in [0.4, 0.5) is 18.9 Å². The molecular weight excluding hydrogens is 251 g/mol. The Bertz CT molecular complexity index is 440. The van der Waals surface area contributed by atoms with E-state index in [0.29, 0.717) is 11.6 Å². The molecule has 0 radical (unpaired) electrons. The van der Waals surface area contributed by atoms with E-state index in [4.69, 9.17) is 0 Å². The van der Waals surface area contributed by atoms with E-state index >= 15 is 0 Å². The van der Waals surface area contributed by atoms with Gasteiger partial charge in [0.1, 0.15) is 0 Å². The summed E-state index contributed by atoms with van der Waals surface area (Å²) >= 11 is 0. The van der Waals surface area contributed by atoms with E-state index in [0.717, 1.165) is 19.3 Å². The molecule has 1 fully saturated rings. The predicted octanol–water partition coefficient (Wildman–Crippen LogP) is 5.00. The highest BCUT2D eigenvalue weighted by Gasteiger charge is 2.32. The second-order valence-electron chi connectivity index (χ2n) is 5.54. The first-order valence-corrected chi connectivity index (χ1v) is 6.82. The van der Waals surface area contributed by atoms with Gasteiger partial charge in [-0.05, 0) is 43.4 Å². The van der Waals surface area contributed by atoms with E-state index in [1.165, 1.54) is 19.4 Å². The third-order valence-corrected chi connectivity index (χ3v) is 4.01. The SMILES string of the molecule is Cc1ccc(NC2CCCCC2C)cc1C(F)(F)F. The fourth-order valence-corrected chi connectivity index (χ4v) is 2.76. The van der Waals surface area contributed by atoms with Crippen LogP contribution < -0.4 is 5.32 Å². The Morgan fingerprint density at radius 2 is 1.84 bits per heavy atom. The smallest absolute Gasteiger partial charge is 0.382 e. The minimum absolute atomic E-state index is 0.273. The van der Waals surface area contributed by atoms with Gasteiger partial charge in [-0.25, -0.2) is 0 Å². The lowest BCUT2D eigenvalue weighted by molar-refractivity contribution is -0.138. The molecule has 0 amide bonds. The summed E-state index contributed by atoms with van der Waals surface area (Å²) < 4.78 is 38.6. The molecule has 2 unspecified atom stereocenters. The van der Waals surface area contributed by atoms with Crippen molar-refractivity contribution in [3.63, 3.8) is 0 Å². The van der Waals surface area contributed by atoms with Gasteiger partial charge in [0.25, 0.3) is 0 Å². The molecule has 2 rings (SSSR count). The number of rotatable bonds is 2. The second kappa shape index (κ2) is 5.43. The highest BCUT2D eigenvalue weighted by molar-refractivity contribution is 5.50. The first kappa shape index (κ1) is 14.2. The second-order valence-corrected chi connectivity index (χ2v) is 5.54. The molecule has 19 heavy (non-hydrogen) atoms. The van der Waals surface area contributed by atoms with Crippen molar-refractivity contribution in [2.75, 3.05) is 5.32 Å². The zero-order chi connectivity index (χ0) is 14.0. The lowest BCUT2D eigenvalue weighted by Crippen LogP contribution is -2.30. The van der Waals surface area contributed by atoms with Crippen LogP contribution in [0.1, 0.15) is 43.7 Å². The Kier molecular flexibility index (Phi) is 4.07. The molecule has 1 nitrogen and oxygen atoms in total. The van der Waals surface area contributed by atoms with Crippen molar-refractivity contribution >= 4 is 5.69 Å². The summed E-state index contributed by atoms with van der Waals surface area (Å²) in [6, 6.07) is 4.80. The number of benzene rings is 1. The topological polar surface area (TPSA) is 12.0 Å². The third-order valence-electron chi connectivity index (χ3n) is 4.01. The number of alkyl halides is 3. The maximum atomic E-state index is 12.9. The highest BCUT2D eigenvalue weighted by atomic mass is 19.4. The molecule has 1 aliphatic carbocycles. The predicted molar refractivity (Wildman–Crippen MR) is 71.2 cm³/mol. The normalized spacial score (nSPS) is 24.3. The van der Waals surface area contributed by atoms with E-state index in [2.05, 4.69) is 12.2 Å². The van der Waals surface area contributed by atoms with Gasteiger partial charge < -0.3 is 5.32 Å². The standard InChI is InChI=1S/C15H20F3N/c1-10-7-8-12(9-13(10)15(16,17)18)19-14-6-4-3-5-11(14)2/h7-9,11,14,19H,3-6H2,1-2H3. The van der Waals surface area contributed by atoms with Crippen LogP contribution in [-0.2, 0) is 6.18 Å². The van der Waals surface area contributed by atoms with Crippen LogP contribution in [0, 0.1) is 12.8 Å². The Labute approximate surface area is 112 Å². The van der Waals surface area contributed by atoms with Crippen molar-refractivity contribution in [2.45, 2.75) is 51.7 Å². The minimum Gasteiger partial charge on any atom is -0.382 e. The van der Waals surface area contributed by atoms with E-state index < -0.39 is 11.7 Å². The molecule has 2 atom stereocenters. The van der Waals surface area contributed by atoms with E-state index in [1.54, 1.807) is 12.1 Å². The van der Waals surface area contributed by atoms with E-state index in [1.807, 2.05) is 0 Å². The molecule has 1 N–H and O–H groups in total. The van der Waals surface area contributed by atoms with Crippen molar-refractivity contribution in [3.05, 3.63) is 29.3 Å². The van der Waals surface area contributed by atoms with Crippen molar-refractivity contribution in [1.29, 1.82) is 0 Å². The van der Waals surface area contributed by atoms with Crippen molar-refractivity contribution in [3.8, 4) is 0 Å². The summed E-state index contributed by atoms with van der Waals surface area (Å²) in [5, 5.41) is 3.27. The molecule has 1 aromatic rings. The maximum Gasteiger partial charge on any atom is 0.416 e. The lowest BCUT2D eigenvalue weighted by atomic mass is 9.86. The van der Waals surface area contributed by atoms with Crippen LogP contribution in [0.25, 0.3) is 0 Å². The Morgan fingerprint density at radius 3 is 2.47 bits per heavy atom. The van der Waals surface area contributed by atoms with Crippen molar-refractivity contribution < 1.29 is 13.2 Å². The number of hydrogen-bond acceptors (Lipinski definition) is 1. The highest BCUT2D eigenvalue weighted by Crippen LogP contribution is 2.34.